The van der Waals surface area contributed by atoms with Crippen molar-refractivity contribution in [2.24, 2.45) is 5.73 Å². The van der Waals surface area contributed by atoms with Crippen LogP contribution in [0.5, 0.6) is 0 Å². The monoisotopic (exact) mass is 1040 g/mol. The number of rotatable bonds is 55. The van der Waals surface area contributed by atoms with E-state index in [0.717, 1.165) is 103 Å². The fourth-order valence-electron chi connectivity index (χ4n) is 8.15. The molecule has 2 unspecified atom stereocenters. The summed E-state index contributed by atoms with van der Waals surface area (Å²) in [6.45, 7) is 3.53. The number of allylic oxidation sites excluding steroid dienone is 16. The van der Waals surface area contributed by atoms with Crippen molar-refractivity contribution < 1.29 is 37.6 Å². The van der Waals surface area contributed by atoms with Crippen molar-refractivity contribution in [3.05, 3.63) is 97.2 Å². The molecule has 0 aliphatic heterocycles. The number of esters is 2. The van der Waals surface area contributed by atoms with Gasteiger partial charge in [-0.2, -0.15) is 0 Å². The van der Waals surface area contributed by atoms with E-state index in [1.165, 1.54) is 122 Å². The molecule has 9 nitrogen and oxygen atoms in total. The highest BCUT2D eigenvalue weighted by Crippen LogP contribution is 2.43. The molecule has 0 spiro atoms. The van der Waals surface area contributed by atoms with Crippen molar-refractivity contribution in [3.8, 4) is 0 Å². The summed E-state index contributed by atoms with van der Waals surface area (Å²) in [6.07, 6.45) is 77.5. The lowest BCUT2D eigenvalue weighted by atomic mass is 10.0. The number of carbonyl (C=O) groups excluding carboxylic acids is 2. The second-order valence-corrected chi connectivity index (χ2v) is 20.9. The first kappa shape index (κ1) is 69.9. The maximum absolute atomic E-state index is 12.7. The maximum Gasteiger partial charge on any atom is 0.472 e. The van der Waals surface area contributed by atoms with E-state index >= 15 is 0 Å². The van der Waals surface area contributed by atoms with E-state index in [4.69, 9.17) is 24.3 Å². The number of phosphoric ester groups is 1. The molecule has 0 radical (unpaired) electrons. The quantitative estimate of drug-likeness (QED) is 0.0264. The van der Waals surface area contributed by atoms with Crippen molar-refractivity contribution in [1.82, 2.24) is 0 Å². The average molecular weight is 1040 g/mol. The Labute approximate surface area is 448 Å². The minimum absolute atomic E-state index is 0.0496. The van der Waals surface area contributed by atoms with E-state index < -0.39 is 26.5 Å². The Morgan fingerprint density at radius 2 is 0.712 bits per heavy atom. The fourth-order valence-corrected chi connectivity index (χ4v) is 8.91. The van der Waals surface area contributed by atoms with E-state index in [1.807, 2.05) is 0 Å². The first-order valence-electron chi connectivity index (χ1n) is 29.7. The van der Waals surface area contributed by atoms with Crippen LogP contribution >= 0.6 is 7.82 Å². The minimum atomic E-state index is -4.39. The van der Waals surface area contributed by atoms with Crippen LogP contribution in [0.2, 0.25) is 0 Å². The fraction of sp³-hybridized carbons (Fsp3) is 0.714. The Kier molecular flexibility index (Phi) is 55.7. The number of phosphoric acid groups is 1. The highest BCUT2D eigenvalue weighted by Gasteiger charge is 2.26. The normalized spacial score (nSPS) is 13.8. The van der Waals surface area contributed by atoms with E-state index in [1.54, 1.807) is 0 Å². The van der Waals surface area contributed by atoms with Gasteiger partial charge in [-0.3, -0.25) is 18.6 Å². The molecule has 0 saturated carbocycles. The van der Waals surface area contributed by atoms with Gasteiger partial charge >= 0.3 is 19.8 Å². The molecular weight excluding hydrogens is 930 g/mol. The average Bonchev–Trinajstić information content (AvgIpc) is 3.38. The summed E-state index contributed by atoms with van der Waals surface area (Å²) in [6, 6.07) is 0. The smallest absolute Gasteiger partial charge is 0.462 e. The number of hydrogen-bond donors (Lipinski definition) is 2. The van der Waals surface area contributed by atoms with Crippen LogP contribution < -0.4 is 5.73 Å². The maximum atomic E-state index is 12.7. The Balaban J connectivity index is 3.96. The lowest BCUT2D eigenvalue weighted by Gasteiger charge is -2.19. The second kappa shape index (κ2) is 58.2. The van der Waals surface area contributed by atoms with Gasteiger partial charge < -0.3 is 20.1 Å². The standard InChI is InChI=1S/C63H110NO8P/c1-3-5-7-9-11-13-15-17-19-21-23-25-27-28-29-30-31-32-34-36-38-40-42-44-46-48-50-52-54-56-63(66)72-61(60-71-73(67,68)70-58-57-64)59-69-62(65)55-53-51-49-47-45-43-41-39-37-35-33-26-24-22-20-18-16-14-12-10-8-6-4-2/h5-8,11-14,17-20,23-26,61H,3-4,9-10,15-16,21-22,27-60,64H2,1-2H3,(H,67,68)/b7-5-,8-6-,13-11-,14-12-,19-17-,20-18-,25-23-,26-24-. The zero-order valence-corrected chi connectivity index (χ0v) is 47.7. The third-order valence-corrected chi connectivity index (χ3v) is 13.4. The lowest BCUT2D eigenvalue weighted by molar-refractivity contribution is -0.161. The van der Waals surface area contributed by atoms with Crippen LogP contribution in [0.1, 0.15) is 258 Å². The topological polar surface area (TPSA) is 134 Å². The van der Waals surface area contributed by atoms with Crippen LogP contribution in [-0.4, -0.2) is 49.3 Å². The Morgan fingerprint density at radius 1 is 0.411 bits per heavy atom. The van der Waals surface area contributed by atoms with E-state index in [0.29, 0.717) is 6.42 Å². The van der Waals surface area contributed by atoms with Crippen molar-refractivity contribution in [2.75, 3.05) is 26.4 Å². The largest absolute Gasteiger partial charge is 0.472 e. The van der Waals surface area contributed by atoms with Gasteiger partial charge in [0.1, 0.15) is 6.61 Å². The molecule has 420 valence electrons. The highest BCUT2D eigenvalue weighted by molar-refractivity contribution is 7.47. The molecule has 0 heterocycles. The number of unbranched alkanes of at least 4 members (excludes halogenated alkanes) is 26. The van der Waals surface area contributed by atoms with Gasteiger partial charge in [-0.1, -0.05) is 252 Å². The molecule has 0 saturated heterocycles. The van der Waals surface area contributed by atoms with E-state index in [2.05, 4.69) is 111 Å². The van der Waals surface area contributed by atoms with Crippen LogP contribution in [0, 0.1) is 0 Å². The summed E-state index contributed by atoms with van der Waals surface area (Å²) >= 11 is 0. The van der Waals surface area contributed by atoms with Gasteiger partial charge in [0.2, 0.25) is 0 Å². The van der Waals surface area contributed by atoms with Crippen molar-refractivity contribution in [1.29, 1.82) is 0 Å². The van der Waals surface area contributed by atoms with Crippen LogP contribution in [-0.2, 0) is 32.7 Å². The summed E-state index contributed by atoms with van der Waals surface area (Å²) in [5, 5.41) is 0. The van der Waals surface area contributed by atoms with E-state index in [-0.39, 0.29) is 38.6 Å². The molecule has 0 aromatic rings. The second-order valence-electron chi connectivity index (χ2n) is 19.5. The Morgan fingerprint density at radius 3 is 1.05 bits per heavy atom. The molecule has 3 N–H and O–H groups in total. The molecule has 0 bridgehead atoms. The molecule has 0 aromatic carbocycles. The van der Waals surface area contributed by atoms with Gasteiger partial charge in [-0.05, 0) is 89.9 Å². The number of hydrogen-bond acceptors (Lipinski definition) is 8. The molecule has 0 fully saturated rings. The number of ether oxygens (including phenoxy) is 2. The predicted octanol–water partition coefficient (Wildman–Crippen LogP) is 18.8. The Bertz CT molecular complexity index is 1510. The van der Waals surface area contributed by atoms with Crippen molar-refractivity contribution in [3.63, 3.8) is 0 Å². The van der Waals surface area contributed by atoms with Gasteiger partial charge in [0.05, 0.1) is 13.2 Å². The number of carbonyl (C=O) groups is 2. The van der Waals surface area contributed by atoms with Crippen LogP contribution in [0.3, 0.4) is 0 Å². The summed E-state index contributed by atoms with van der Waals surface area (Å²) in [5.41, 5.74) is 5.39. The minimum Gasteiger partial charge on any atom is -0.462 e. The summed E-state index contributed by atoms with van der Waals surface area (Å²) in [4.78, 5) is 35.2. The molecular formula is C63H110NO8P. The summed E-state index contributed by atoms with van der Waals surface area (Å²) in [5.74, 6) is -0.830. The zero-order chi connectivity index (χ0) is 53.1. The molecule has 0 aromatic heterocycles. The lowest BCUT2D eigenvalue weighted by Crippen LogP contribution is -2.29. The molecule has 0 rings (SSSR count). The third-order valence-electron chi connectivity index (χ3n) is 12.5. The third kappa shape index (κ3) is 58.1. The van der Waals surface area contributed by atoms with Crippen molar-refractivity contribution >= 4 is 19.8 Å². The summed E-state index contributed by atoms with van der Waals surface area (Å²) in [7, 11) is -4.39. The first-order valence-corrected chi connectivity index (χ1v) is 31.2. The van der Waals surface area contributed by atoms with Gasteiger partial charge in [0.25, 0.3) is 0 Å². The zero-order valence-electron chi connectivity index (χ0n) is 46.8. The molecule has 73 heavy (non-hydrogen) atoms. The highest BCUT2D eigenvalue weighted by atomic mass is 31.2. The first-order chi connectivity index (χ1) is 35.8. The molecule has 10 heteroatoms. The summed E-state index contributed by atoms with van der Waals surface area (Å²) < 4.78 is 33.1. The molecule has 0 amide bonds. The molecule has 2 atom stereocenters. The number of nitrogens with two attached hydrogens (primary N) is 1. The van der Waals surface area contributed by atoms with Crippen LogP contribution in [0.4, 0.5) is 0 Å². The van der Waals surface area contributed by atoms with Crippen molar-refractivity contribution in [2.45, 2.75) is 264 Å². The van der Waals surface area contributed by atoms with E-state index in [9.17, 15) is 19.0 Å². The van der Waals surface area contributed by atoms with Gasteiger partial charge in [0, 0.05) is 19.4 Å². The van der Waals surface area contributed by atoms with Crippen LogP contribution in [0.25, 0.3) is 0 Å². The van der Waals surface area contributed by atoms with Gasteiger partial charge in [0.15, 0.2) is 6.10 Å². The SMILES string of the molecule is CC/C=C\C/C=C\C/C=C\C/C=C\CCCCCCCCCCCCCCCCCCC(=O)OC(COC(=O)CCCCCCCCCCCC/C=C\C/C=C\C/C=C\C/C=C\CC)COP(=O)(O)OCCN. The predicted molar refractivity (Wildman–Crippen MR) is 312 cm³/mol. The molecule has 0 aliphatic rings. The van der Waals surface area contributed by atoms with Gasteiger partial charge in [-0.15, -0.1) is 0 Å². The molecule has 0 aliphatic carbocycles. The van der Waals surface area contributed by atoms with Gasteiger partial charge in [-0.25, -0.2) is 4.57 Å². The Hall–Kier alpha value is -3.07. The van der Waals surface area contributed by atoms with Crippen LogP contribution in [0.15, 0.2) is 97.2 Å².